The van der Waals surface area contributed by atoms with Crippen molar-refractivity contribution in [3.63, 3.8) is 0 Å². The molecular formula is C22H21N. The van der Waals surface area contributed by atoms with E-state index in [-0.39, 0.29) is 0 Å². The molecular weight excluding hydrogens is 278 g/mol. The van der Waals surface area contributed by atoms with Crippen molar-refractivity contribution < 1.29 is 0 Å². The van der Waals surface area contributed by atoms with Gasteiger partial charge in [-0.15, -0.1) is 0 Å². The molecule has 3 rings (SSSR count). The van der Waals surface area contributed by atoms with Gasteiger partial charge in [-0.3, -0.25) is 0 Å². The molecule has 3 aromatic rings. The predicted octanol–water partition coefficient (Wildman–Crippen LogP) is 5.34. The van der Waals surface area contributed by atoms with Crippen LogP contribution in [0.1, 0.15) is 16.7 Å². The van der Waals surface area contributed by atoms with Crippen LogP contribution in [0.4, 0.5) is 5.69 Å². The molecule has 0 atom stereocenters. The van der Waals surface area contributed by atoms with E-state index in [4.69, 9.17) is 0 Å². The third kappa shape index (κ3) is 3.70. The summed E-state index contributed by atoms with van der Waals surface area (Å²) in [5.41, 5.74) is 6.11. The van der Waals surface area contributed by atoms with Gasteiger partial charge in [-0.25, -0.2) is 0 Å². The SMILES string of the molecule is CN(C)c1cccc(/C(=C/c2ccccc2)c2ccccc2)c1. The summed E-state index contributed by atoms with van der Waals surface area (Å²) in [6.45, 7) is 0. The van der Waals surface area contributed by atoms with Gasteiger partial charge in [0.15, 0.2) is 0 Å². The molecule has 0 bridgehead atoms. The lowest BCUT2D eigenvalue weighted by Crippen LogP contribution is -2.08. The second-order valence-electron chi connectivity index (χ2n) is 5.78. The number of benzene rings is 3. The van der Waals surface area contributed by atoms with Gasteiger partial charge in [0.05, 0.1) is 0 Å². The Bertz CT molecular complexity index is 786. The third-order valence-corrected chi connectivity index (χ3v) is 3.87. The Morgan fingerprint density at radius 2 is 1.30 bits per heavy atom. The van der Waals surface area contributed by atoms with Gasteiger partial charge >= 0.3 is 0 Å². The number of hydrogen-bond donors (Lipinski definition) is 0. The number of anilines is 1. The van der Waals surface area contributed by atoms with Crippen LogP contribution in [0.3, 0.4) is 0 Å². The Morgan fingerprint density at radius 1 is 0.696 bits per heavy atom. The second kappa shape index (κ2) is 6.97. The highest BCUT2D eigenvalue weighted by Crippen LogP contribution is 2.28. The van der Waals surface area contributed by atoms with Crippen LogP contribution in [0.5, 0.6) is 0 Å². The largest absolute Gasteiger partial charge is 0.378 e. The Labute approximate surface area is 138 Å². The van der Waals surface area contributed by atoms with Crippen molar-refractivity contribution in [1.82, 2.24) is 0 Å². The van der Waals surface area contributed by atoms with E-state index in [0.29, 0.717) is 0 Å². The van der Waals surface area contributed by atoms with E-state index in [2.05, 4.69) is 104 Å². The number of rotatable bonds is 4. The van der Waals surface area contributed by atoms with E-state index in [1.165, 1.54) is 28.0 Å². The Balaban J connectivity index is 2.13. The minimum atomic E-state index is 1.21. The van der Waals surface area contributed by atoms with Gasteiger partial charge in [-0.2, -0.15) is 0 Å². The molecule has 0 aliphatic heterocycles. The fourth-order valence-electron chi connectivity index (χ4n) is 2.62. The van der Waals surface area contributed by atoms with E-state index in [0.717, 1.165) is 0 Å². The standard InChI is InChI=1S/C22H21N/c1-23(2)21-15-9-14-20(17-21)22(19-12-7-4-8-13-19)16-18-10-5-3-6-11-18/h3-17H,1-2H3/b22-16+. The first kappa shape index (κ1) is 15.1. The molecule has 1 heteroatoms. The lowest BCUT2D eigenvalue weighted by Gasteiger charge is -2.15. The minimum absolute atomic E-state index is 1.21. The van der Waals surface area contributed by atoms with Crippen LogP contribution in [0, 0.1) is 0 Å². The van der Waals surface area contributed by atoms with Gasteiger partial charge < -0.3 is 4.90 Å². The zero-order valence-electron chi connectivity index (χ0n) is 13.6. The van der Waals surface area contributed by atoms with Crippen LogP contribution in [0.2, 0.25) is 0 Å². The first-order valence-corrected chi connectivity index (χ1v) is 7.84. The molecule has 0 N–H and O–H groups in total. The van der Waals surface area contributed by atoms with Crippen LogP contribution in [0.15, 0.2) is 84.9 Å². The summed E-state index contributed by atoms with van der Waals surface area (Å²) in [6, 6.07) is 29.7. The van der Waals surface area contributed by atoms with Gasteiger partial charge in [0.2, 0.25) is 0 Å². The van der Waals surface area contributed by atoms with Crippen LogP contribution in [-0.2, 0) is 0 Å². The predicted molar refractivity (Wildman–Crippen MR) is 101 cm³/mol. The first-order chi connectivity index (χ1) is 11.2. The number of nitrogens with zero attached hydrogens (tertiary/aromatic N) is 1. The van der Waals surface area contributed by atoms with Crippen LogP contribution >= 0.6 is 0 Å². The maximum absolute atomic E-state index is 2.25. The van der Waals surface area contributed by atoms with Gasteiger partial charge in [0, 0.05) is 19.8 Å². The van der Waals surface area contributed by atoms with E-state index < -0.39 is 0 Å². The Kier molecular flexibility index (Phi) is 4.58. The monoisotopic (exact) mass is 299 g/mol. The molecule has 0 spiro atoms. The van der Waals surface area contributed by atoms with Gasteiger partial charge in [0.1, 0.15) is 0 Å². The molecule has 23 heavy (non-hydrogen) atoms. The molecule has 0 aliphatic carbocycles. The van der Waals surface area contributed by atoms with Gasteiger partial charge in [0.25, 0.3) is 0 Å². The Morgan fingerprint density at radius 3 is 1.96 bits per heavy atom. The van der Waals surface area contributed by atoms with E-state index >= 15 is 0 Å². The third-order valence-electron chi connectivity index (χ3n) is 3.87. The van der Waals surface area contributed by atoms with E-state index in [1.54, 1.807) is 0 Å². The molecule has 0 aromatic heterocycles. The molecule has 0 amide bonds. The smallest absolute Gasteiger partial charge is 0.0367 e. The highest BCUT2D eigenvalue weighted by atomic mass is 15.1. The topological polar surface area (TPSA) is 3.24 Å². The van der Waals surface area contributed by atoms with Gasteiger partial charge in [-0.05, 0) is 40.5 Å². The molecule has 0 heterocycles. The zero-order chi connectivity index (χ0) is 16.1. The molecule has 0 saturated carbocycles. The van der Waals surface area contributed by atoms with Crippen molar-refractivity contribution in [3.05, 3.63) is 102 Å². The van der Waals surface area contributed by atoms with E-state index in [1.807, 2.05) is 6.07 Å². The molecule has 1 nitrogen and oxygen atoms in total. The molecule has 0 radical (unpaired) electrons. The molecule has 0 aliphatic rings. The van der Waals surface area contributed by atoms with Crippen molar-refractivity contribution in [3.8, 4) is 0 Å². The summed E-state index contributed by atoms with van der Waals surface area (Å²) in [4.78, 5) is 2.13. The fraction of sp³-hybridized carbons (Fsp3) is 0.0909. The lowest BCUT2D eigenvalue weighted by atomic mass is 9.95. The summed E-state index contributed by atoms with van der Waals surface area (Å²) in [6.07, 6.45) is 2.25. The summed E-state index contributed by atoms with van der Waals surface area (Å²) in [5.74, 6) is 0. The summed E-state index contributed by atoms with van der Waals surface area (Å²) < 4.78 is 0. The molecule has 0 fully saturated rings. The average molecular weight is 299 g/mol. The fourth-order valence-corrected chi connectivity index (χ4v) is 2.62. The maximum Gasteiger partial charge on any atom is 0.0367 e. The van der Waals surface area contributed by atoms with Crippen LogP contribution in [0.25, 0.3) is 11.6 Å². The summed E-state index contributed by atoms with van der Waals surface area (Å²) in [5, 5.41) is 0. The quantitative estimate of drug-likeness (QED) is 0.588. The average Bonchev–Trinajstić information content (AvgIpc) is 2.61. The lowest BCUT2D eigenvalue weighted by molar-refractivity contribution is 1.13. The van der Waals surface area contributed by atoms with Crippen molar-refractivity contribution in [2.24, 2.45) is 0 Å². The van der Waals surface area contributed by atoms with Crippen molar-refractivity contribution in [2.45, 2.75) is 0 Å². The maximum atomic E-state index is 2.25. The summed E-state index contributed by atoms with van der Waals surface area (Å²) in [7, 11) is 4.14. The van der Waals surface area contributed by atoms with Gasteiger partial charge in [-0.1, -0.05) is 72.8 Å². The van der Waals surface area contributed by atoms with E-state index in [9.17, 15) is 0 Å². The van der Waals surface area contributed by atoms with Crippen molar-refractivity contribution in [2.75, 3.05) is 19.0 Å². The van der Waals surface area contributed by atoms with Crippen molar-refractivity contribution in [1.29, 1.82) is 0 Å². The normalized spacial score (nSPS) is 11.3. The first-order valence-electron chi connectivity index (χ1n) is 7.84. The van der Waals surface area contributed by atoms with Crippen molar-refractivity contribution >= 4 is 17.3 Å². The van der Waals surface area contributed by atoms with Crippen LogP contribution in [-0.4, -0.2) is 14.1 Å². The Hall–Kier alpha value is -2.80. The zero-order valence-corrected chi connectivity index (χ0v) is 13.6. The number of hydrogen-bond acceptors (Lipinski definition) is 1. The molecule has 0 saturated heterocycles. The molecule has 114 valence electrons. The molecule has 0 unspecified atom stereocenters. The van der Waals surface area contributed by atoms with Crippen LogP contribution < -0.4 is 4.90 Å². The summed E-state index contributed by atoms with van der Waals surface area (Å²) >= 11 is 0. The second-order valence-corrected chi connectivity index (χ2v) is 5.78. The minimum Gasteiger partial charge on any atom is -0.378 e. The highest BCUT2D eigenvalue weighted by molar-refractivity contribution is 5.92. The highest BCUT2D eigenvalue weighted by Gasteiger charge is 2.07. The molecule has 3 aromatic carbocycles.